The van der Waals surface area contributed by atoms with E-state index in [1.54, 1.807) is 0 Å². The first-order chi connectivity index (χ1) is 7.84. The Morgan fingerprint density at radius 2 is 1.56 bits per heavy atom. The van der Waals surface area contributed by atoms with Crippen molar-refractivity contribution >= 4 is 5.69 Å². The molecular formula is C14H14FN. The van der Waals surface area contributed by atoms with E-state index in [-0.39, 0.29) is 5.82 Å². The van der Waals surface area contributed by atoms with Crippen LogP contribution in [-0.4, -0.2) is 6.54 Å². The Balaban J connectivity index is 1.82. The van der Waals surface area contributed by atoms with Crippen LogP contribution in [0.1, 0.15) is 5.56 Å². The van der Waals surface area contributed by atoms with E-state index in [0.29, 0.717) is 0 Å². The average molecular weight is 215 g/mol. The molecule has 0 unspecified atom stereocenters. The minimum atomic E-state index is -0.181. The summed E-state index contributed by atoms with van der Waals surface area (Å²) in [7, 11) is 0. The van der Waals surface area contributed by atoms with Crippen LogP contribution < -0.4 is 5.32 Å². The Morgan fingerprint density at radius 1 is 0.875 bits per heavy atom. The first kappa shape index (κ1) is 10.7. The maximum absolute atomic E-state index is 12.7. The fourth-order valence-electron chi connectivity index (χ4n) is 1.56. The zero-order valence-corrected chi connectivity index (χ0v) is 8.99. The second-order valence-electron chi connectivity index (χ2n) is 3.67. The third-order valence-electron chi connectivity index (χ3n) is 2.43. The zero-order valence-electron chi connectivity index (χ0n) is 8.99. The fraction of sp³-hybridized carbons (Fsp3) is 0.143. The lowest BCUT2D eigenvalue weighted by Gasteiger charge is -2.05. The molecule has 0 radical (unpaired) electrons. The van der Waals surface area contributed by atoms with E-state index in [9.17, 15) is 4.39 Å². The highest BCUT2D eigenvalue weighted by atomic mass is 19.1. The van der Waals surface area contributed by atoms with E-state index in [1.807, 2.05) is 42.5 Å². The van der Waals surface area contributed by atoms with Crippen LogP contribution in [0.3, 0.4) is 0 Å². The summed E-state index contributed by atoms with van der Waals surface area (Å²) >= 11 is 0. The van der Waals surface area contributed by atoms with Gasteiger partial charge in [0.1, 0.15) is 5.82 Å². The van der Waals surface area contributed by atoms with Crippen molar-refractivity contribution in [1.82, 2.24) is 0 Å². The lowest BCUT2D eigenvalue weighted by atomic mass is 10.1. The van der Waals surface area contributed by atoms with Crippen LogP contribution in [0.15, 0.2) is 54.6 Å². The lowest BCUT2D eigenvalue weighted by Crippen LogP contribution is -2.04. The van der Waals surface area contributed by atoms with Crippen LogP contribution >= 0.6 is 0 Å². The van der Waals surface area contributed by atoms with Crippen molar-refractivity contribution in [2.45, 2.75) is 6.42 Å². The standard InChI is InChI=1S/C14H14FN/c15-13-8-6-12(7-9-13)10-11-16-14-4-2-1-3-5-14/h1-9,16H,10-11H2. The van der Waals surface area contributed by atoms with Crippen molar-refractivity contribution in [3.05, 3.63) is 66.0 Å². The number of anilines is 1. The molecule has 2 aromatic rings. The van der Waals surface area contributed by atoms with Crippen LogP contribution in [0, 0.1) is 5.82 Å². The minimum absolute atomic E-state index is 0.181. The molecule has 82 valence electrons. The highest BCUT2D eigenvalue weighted by molar-refractivity contribution is 5.42. The molecule has 0 fully saturated rings. The van der Waals surface area contributed by atoms with Gasteiger partial charge in [-0.2, -0.15) is 0 Å². The molecule has 1 N–H and O–H groups in total. The monoisotopic (exact) mass is 215 g/mol. The van der Waals surface area contributed by atoms with Crippen molar-refractivity contribution in [3.8, 4) is 0 Å². The predicted octanol–water partition coefficient (Wildman–Crippen LogP) is 3.48. The Kier molecular flexibility index (Phi) is 3.54. The van der Waals surface area contributed by atoms with Crippen LogP contribution in [0.4, 0.5) is 10.1 Å². The minimum Gasteiger partial charge on any atom is -0.385 e. The van der Waals surface area contributed by atoms with Crippen LogP contribution in [-0.2, 0) is 6.42 Å². The Labute approximate surface area is 94.9 Å². The first-order valence-electron chi connectivity index (χ1n) is 5.38. The third kappa shape index (κ3) is 3.09. The van der Waals surface area contributed by atoms with E-state index in [4.69, 9.17) is 0 Å². The van der Waals surface area contributed by atoms with E-state index < -0.39 is 0 Å². The molecule has 0 heterocycles. The molecular weight excluding hydrogens is 201 g/mol. The van der Waals surface area contributed by atoms with Gasteiger partial charge in [-0.1, -0.05) is 30.3 Å². The molecule has 0 amide bonds. The summed E-state index contributed by atoms with van der Waals surface area (Å²) in [5.41, 5.74) is 2.26. The quantitative estimate of drug-likeness (QED) is 0.823. The topological polar surface area (TPSA) is 12.0 Å². The van der Waals surface area contributed by atoms with Crippen molar-refractivity contribution in [3.63, 3.8) is 0 Å². The Hall–Kier alpha value is -1.83. The molecule has 0 saturated heterocycles. The van der Waals surface area contributed by atoms with E-state index in [1.165, 1.54) is 12.1 Å². The summed E-state index contributed by atoms with van der Waals surface area (Å²) in [6, 6.07) is 16.7. The summed E-state index contributed by atoms with van der Waals surface area (Å²) in [5.74, 6) is -0.181. The number of benzene rings is 2. The van der Waals surface area contributed by atoms with Gasteiger partial charge in [0.2, 0.25) is 0 Å². The fourth-order valence-corrected chi connectivity index (χ4v) is 1.56. The highest BCUT2D eigenvalue weighted by Gasteiger charge is 1.94. The Morgan fingerprint density at radius 3 is 2.25 bits per heavy atom. The number of hydrogen-bond acceptors (Lipinski definition) is 1. The molecule has 0 aliphatic rings. The van der Waals surface area contributed by atoms with Gasteiger partial charge in [-0.05, 0) is 36.2 Å². The Bertz CT molecular complexity index is 422. The number of nitrogens with one attached hydrogen (secondary N) is 1. The third-order valence-corrected chi connectivity index (χ3v) is 2.43. The molecule has 0 bridgehead atoms. The summed E-state index contributed by atoms with van der Waals surface area (Å²) < 4.78 is 12.7. The van der Waals surface area contributed by atoms with E-state index >= 15 is 0 Å². The molecule has 0 atom stereocenters. The largest absolute Gasteiger partial charge is 0.385 e. The van der Waals surface area contributed by atoms with Crippen molar-refractivity contribution in [2.75, 3.05) is 11.9 Å². The normalized spacial score (nSPS) is 10.1. The van der Waals surface area contributed by atoms with Crippen LogP contribution in [0.2, 0.25) is 0 Å². The molecule has 16 heavy (non-hydrogen) atoms. The van der Waals surface area contributed by atoms with Crippen LogP contribution in [0.5, 0.6) is 0 Å². The van der Waals surface area contributed by atoms with Crippen molar-refractivity contribution in [2.24, 2.45) is 0 Å². The molecule has 2 rings (SSSR count). The highest BCUT2D eigenvalue weighted by Crippen LogP contribution is 2.07. The molecule has 1 nitrogen and oxygen atoms in total. The smallest absolute Gasteiger partial charge is 0.123 e. The maximum atomic E-state index is 12.7. The van der Waals surface area contributed by atoms with Gasteiger partial charge in [-0.25, -0.2) is 4.39 Å². The van der Waals surface area contributed by atoms with Gasteiger partial charge in [0.05, 0.1) is 0 Å². The number of hydrogen-bond donors (Lipinski definition) is 1. The van der Waals surface area contributed by atoms with Crippen molar-refractivity contribution < 1.29 is 4.39 Å². The van der Waals surface area contributed by atoms with Gasteiger partial charge in [0.15, 0.2) is 0 Å². The lowest BCUT2D eigenvalue weighted by molar-refractivity contribution is 0.627. The van der Waals surface area contributed by atoms with Crippen molar-refractivity contribution in [1.29, 1.82) is 0 Å². The first-order valence-corrected chi connectivity index (χ1v) is 5.38. The molecule has 2 heteroatoms. The second kappa shape index (κ2) is 5.31. The summed E-state index contributed by atoms with van der Waals surface area (Å²) in [6.45, 7) is 0.857. The molecule has 2 aromatic carbocycles. The van der Waals surface area contributed by atoms with Gasteiger partial charge in [0.25, 0.3) is 0 Å². The number of halogens is 1. The zero-order chi connectivity index (χ0) is 11.2. The molecule has 0 aliphatic carbocycles. The maximum Gasteiger partial charge on any atom is 0.123 e. The van der Waals surface area contributed by atoms with E-state index in [2.05, 4.69) is 5.32 Å². The van der Waals surface area contributed by atoms with E-state index in [0.717, 1.165) is 24.2 Å². The molecule has 0 spiro atoms. The second-order valence-corrected chi connectivity index (χ2v) is 3.67. The van der Waals surface area contributed by atoms with Gasteiger partial charge >= 0.3 is 0 Å². The summed E-state index contributed by atoms with van der Waals surface area (Å²) in [4.78, 5) is 0. The summed E-state index contributed by atoms with van der Waals surface area (Å²) in [6.07, 6.45) is 0.898. The molecule has 0 saturated carbocycles. The number of rotatable bonds is 4. The molecule has 0 aliphatic heterocycles. The summed E-state index contributed by atoms with van der Waals surface area (Å²) in [5, 5.41) is 3.31. The average Bonchev–Trinajstić information content (AvgIpc) is 2.33. The van der Waals surface area contributed by atoms with Gasteiger partial charge in [0, 0.05) is 12.2 Å². The SMILES string of the molecule is Fc1ccc(CCNc2ccccc2)cc1. The van der Waals surface area contributed by atoms with Gasteiger partial charge < -0.3 is 5.32 Å². The van der Waals surface area contributed by atoms with Gasteiger partial charge in [-0.15, -0.1) is 0 Å². The predicted molar refractivity (Wildman–Crippen MR) is 65.0 cm³/mol. The van der Waals surface area contributed by atoms with Crippen LogP contribution in [0.25, 0.3) is 0 Å². The molecule has 0 aromatic heterocycles. The van der Waals surface area contributed by atoms with Gasteiger partial charge in [-0.3, -0.25) is 0 Å². The number of para-hydroxylation sites is 1.